The summed E-state index contributed by atoms with van der Waals surface area (Å²) >= 11 is 0. The molecule has 8 nitrogen and oxygen atoms in total. The molecule has 0 spiro atoms. The van der Waals surface area contributed by atoms with Crippen molar-refractivity contribution in [2.75, 3.05) is 71.4 Å². The number of benzene rings is 1. The molecule has 2 aromatic rings. The van der Waals surface area contributed by atoms with E-state index in [2.05, 4.69) is 42.5 Å². The quantitative estimate of drug-likeness (QED) is 0.521. The smallest absolute Gasteiger partial charge is 0.315 e. The Hall–Kier alpha value is -2.84. The number of ether oxygens (including phenoxy) is 1. The number of nitrogens with zero attached hydrogens (tertiary/aromatic N) is 4. The third-order valence-corrected chi connectivity index (χ3v) is 5.50. The minimum atomic E-state index is -0.133. The van der Waals surface area contributed by atoms with Crippen molar-refractivity contribution in [2.45, 2.75) is 13.0 Å². The van der Waals surface area contributed by atoms with E-state index in [1.807, 2.05) is 50.8 Å². The van der Waals surface area contributed by atoms with Crippen LogP contribution in [0.25, 0.3) is 0 Å². The summed E-state index contributed by atoms with van der Waals surface area (Å²) in [5, 5.41) is 5.88. The maximum absolute atomic E-state index is 12.1. The molecule has 0 radical (unpaired) electrons. The molecule has 174 valence electrons. The molecular weight excluding hydrogens is 404 g/mol. The van der Waals surface area contributed by atoms with Crippen molar-refractivity contribution >= 4 is 11.7 Å². The van der Waals surface area contributed by atoms with E-state index in [9.17, 15) is 4.79 Å². The molecule has 1 aliphatic heterocycles. The molecule has 2 amide bonds. The van der Waals surface area contributed by atoms with Crippen molar-refractivity contribution < 1.29 is 9.53 Å². The Balaban J connectivity index is 1.26. The molecule has 0 unspecified atom stereocenters. The average Bonchev–Trinajstić information content (AvgIpc) is 2.81. The standard InChI is InChI=1S/C24H36N6O2/c1-28(2)17-18-32-23-6-3-5-21(19-23)20-27-24(31)26-9-4-12-29-13-15-30(16-14-29)22-7-10-25-11-8-22/h3,5-8,10-11,19H,4,9,12-18,20H2,1-2H3,(H2,26,27,31). The summed E-state index contributed by atoms with van der Waals surface area (Å²) < 4.78 is 5.75. The summed E-state index contributed by atoms with van der Waals surface area (Å²) in [5.41, 5.74) is 2.26. The van der Waals surface area contributed by atoms with Crippen LogP contribution in [0, 0.1) is 0 Å². The Bertz CT molecular complexity index is 809. The Labute approximate surface area is 191 Å². The lowest BCUT2D eigenvalue weighted by molar-refractivity contribution is 0.235. The van der Waals surface area contributed by atoms with Gasteiger partial charge in [-0.1, -0.05) is 12.1 Å². The summed E-state index contributed by atoms with van der Waals surface area (Å²) in [6.45, 7) is 7.79. The molecule has 0 atom stereocenters. The number of hydrogen-bond donors (Lipinski definition) is 2. The first-order valence-corrected chi connectivity index (χ1v) is 11.4. The number of urea groups is 1. The van der Waals surface area contributed by atoms with E-state index in [1.165, 1.54) is 5.69 Å². The van der Waals surface area contributed by atoms with Gasteiger partial charge in [0.05, 0.1) is 0 Å². The van der Waals surface area contributed by atoms with E-state index in [4.69, 9.17) is 4.74 Å². The second-order valence-corrected chi connectivity index (χ2v) is 8.30. The highest BCUT2D eigenvalue weighted by molar-refractivity contribution is 5.73. The molecule has 0 aliphatic carbocycles. The van der Waals surface area contributed by atoms with E-state index >= 15 is 0 Å². The van der Waals surface area contributed by atoms with E-state index in [-0.39, 0.29) is 6.03 Å². The summed E-state index contributed by atoms with van der Waals surface area (Å²) in [6.07, 6.45) is 4.63. The fourth-order valence-electron chi connectivity index (χ4n) is 3.63. The van der Waals surface area contributed by atoms with Crippen LogP contribution in [0.4, 0.5) is 10.5 Å². The zero-order valence-corrected chi connectivity index (χ0v) is 19.3. The normalized spacial score (nSPS) is 14.4. The maximum Gasteiger partial charge on any atom is 0.315 e. The topological polar surface area (TPSA) is 73.0 Å². The molecule has 1 aromatic carbocycles. The Morgan fingerprint density at radius 2 is 1.88 bits per heavy atom. The van der Waals surface area contributed by atoms with Crippen molar-refractivity contribution in [3.63, 3.8) is 0 Å². The second kappa shape index (κ2) is 12.9. The predicted octanol–water partition coefficient (Wildman–Crippen LogP) is 2.03. The number of anilines is 1. The minimum Gasteiger partial charge on any atom is -0.492 e. The summed E-state index contributed by atoms with van der Waals surface area (Å²) in [6, 6.07) is 11.8. The first-order chi connectivity index (χ1) is 15.6. The van der Waals surface area contributed by atoms with Gasteiger partial charge in [0.2, 0.25) is 0 Å². The lowest BCUT2D eigenvalue weighted by Crippen LogP contribution is -2.47. The number of hydrogen-bond acceptors (Lipinski definition) is 6. The molecule has 8 heteroatoms. The van der Waals surface area contributed by atoms with E-state index in [1.54, 1.807) is 0 Å². The molecule has 1 saturated heterocycles. The first kappa shape index (κ1) is 23.8. The number of amides is 2. The molecule has 0 bridgehead atoms. The van der Waals surface area contributed by atoms with Gasteiger partial charge < -0.3 is 25.2 Å². The van der Waals surface area contributed by atoms with Gasteiger partial charge in [-0.15, -0.1) is 0 Å². The van der Waals surface area contributed by atoms with Crippen LogP contribution in [0.5, 0.6) is 5.75 Å². The highest BCUT2D eigenvalue weighted by atomic mass is 16.5. The number of pyridine rings is 1. The number of likely N-dealkylation sites (N-methyl/N-ethyl adjacent to an activating group) is 1. The number of nitrogens with one attached hydrogen (secondary N) is 2. The predicted molar refractivity (Wildman–Crippen MR) is 128 cm³/mol. The molecule has 1 aromatic heterocycles. The molecule has 3 rings (SSSR count). The van der Waals surface area contributed by atoms with Crippen LogP contribution >= 0.6 is 0 Å². The van der Waals surface area contributed by atoms with Crippen LogP contribution in [-0.2, 0) is 6.54 Å². The summed E-state index contributed by atoms with van der Waals surface area (Å²) in [5.74, 6) is 0.829. The molecule has 2 heterocycles. The van der Waals surface area contributed by atoms with Crippen LogP contribution in [0.15, 0.2) is 48.8 Å². The minimum absolute atomic E-state index is 0.133. The van der Waals surface area contributed by atoms with Gasteiger partial charge in [0, 0.05) is 63.9 Å². The largest absolute Gasteiger partial charge is 0.492 e. The fraction of sp³-hybridized carbons (Fsp3) is 0.500. The van der Waals surface area contributed by atoms with Gasteiger partial charge in [-0.25, -0.2) is 4.79 Å². The number of aromatic nitrogens is 1. The Kier molecular flexibility index (Phi) is 9.59. The van der Waals surface area contributed by atoms with Gasteiger partial charge in [0.15, 0.2) is 0 Å². The van der Waals surface area contributed by atoms with Crippen molar-refractivity contribution in [3.05, 3.63) is 54.4 Å². The number of piperazine rings is 1. The van der Waals surface area contributed by atoms with Gasteiger partial charge >= 0.3 is 6.03 Å². The SMILES string of the molecule is CN(C)CCOc1cccc(CNC(=O)NCCCN2CCN(c3ccncc3)CC2)c1. The van der Waals surface area contributed by atoms with E-state index in [0.29, 0.717) is 19.7 Å². The van der Waals surface area contributed by atoms with Crippen molar-refractivity contribution in [1.29, 1.82) is 0 Å². The van der Waals surface area contributed by atoms with Crippen LogP contribution in [-0.4, -0.2) is 87.3 Å². The van der Waals surface area contributed by atoms with Crippen LogP contribution < -0.4 is 20.3 Å². The van der Waals surface area contributed by atoms with Gasteiger partial charge in [0.1, 0.15) is 12.4 Å². The lowest BCUT2D eigenvalue weighted by Gasteiger charge is -2.36. The third kappa shape index (κ3) is 8.36. The summed E-state index contributed by atoms with van der Waals surface area (Å²) in [7, 11) is 4.04. The van der Waals surface area contributed by atoms with Crippen LogP contribution in [0.2, 0.25) is 0 Å². The van der Waals surface area contributed by atoms with Gasteiger partial charge in [-0.05, 0) is 56.9 Å². The summed E-state index contributed by atoms with van der Waals surface area (Å²) in [4.78, 5) is 23.1. The second-order valence-electron chi connectivity index (χ2n) is 8.30. The molecule has 1 aliphatic rings. The number of rotatable bonds is 11. The van der Waals surface area contributed by atoms with Crippen LogP contribution in [0.1, 0.15) is 12.0 Å². The Morgan fingerprint density at radius 3 is 2.62 bits per heavy atom. The fourth-order valence-corrected chi connectivity index (χ4v) is 3.63. The number of carbonyl (C=O) groups is 1. The molecule has 0 saturated carbocycles. The third-order valence-electron chi connectivity index (χ3n) is 5.50. The highest BCUT2D eigenvalue weighted by Gasteiger charge is 2.16. The monoisotopic (exact) mass is 440 g/mol. The lowest BCUT2D eigenvalue weighted by atomic mass is 10.2. The van der Waals surface area contributed by atoms with Crippen molar-refractivity contribution in [2.24, 2.45) is 0 Å². The van der Waals surface area contributed by atoms with Gasteiger partial charge in [-0.3, -0.25) is 9.88 Å². The maximum atomic E-state index is 12.1. The zero-order chi connectivity index (χ0) is 22.6. The molecule has 2 N–H and O–H groups in total. The molecule has 1 fully saturated rings. The van der Waals surface area contributed by atoms with Crippen LogP contribution in [0.3, 0.4) is 0 Å². The first-order valence-electron chi connectivity index (χ1n) is 11.4. The van der Waals surface area contributed by atoms with E-state index in [0.717, 1.165) is 57.0 Å². The van der Waals surface area contributed by atoms with Crippen molar-refractivity contribution in [3.8, 4) is 5.75 Å². The zero-order valence-electron chi connectivity index (χ0n) is 19.3. The molecule has 32 heavy (non-hydrogen) atoms. The molecular formula is C24H36N6O2. The van der Waals surface area contributed by atoms with E-state index < -0.39 is 0 Å². The van der Waals surface area contributed by atoms with Gasteiger partial charge in [-0.2, -0.15) is 0 Å². The number of carbonyl (C=O) groups excluding carboxylic acids is 1. The van der Waals surface area contributed by atoms with Crippen molar-refractivity contribution in [1.82, 2.24) is 25.4 Å². The highest BCUT2D eigenvalue weighted by Crippen LogP contribution is 2.15. The van der Waals surface area contributed by atoms with Gasteiger partial charge in [0.25, 0.3) is 0 Å². The average molecular weight is 441 g/mol. The Morgan fingerprint density at radius 1 is 1.09 bits per heavy atom.